The molecule has 0 aliphatic heterocycles. The zero-order chi connectivity index (χ0) is 19.0. The fraction of sp³-hybridized carbons (Fsp3) is 0.0909. The van der Waals surface area contributed by atoms with Gasteiger partial charge in [0.15, 0.2) is 0 Å². The number of aromatic nitrogens is 1. The second-order valence-electron chi connectivity index (χ2n) is 6.12. The van der Waals surface area contributed by atoms with Crippen LogP contribution in [0.5, 0.6) is 0 Å². The third-order valence-corrected chi connectivity index (χ3v) is 4.73. The van der Waals surface area contributed by atoms with Gasteiger partial charge < -0.3 is 14.5 Å². The normalized spacial score (nSPS) is 10.9. The number of carbonyl (C=O) groups excluding carboxylic acids is 2. The van der Waals surface area contributed by atoms with E-state index in [1.54, 1.807) is 18.3 Å². The number of hydrogen-bond donors (Lipinski definition) is 1. The first-order valence-electron chi connectivity index (χ1n) is 8.44. The fourth-order valence-electron chi connectivity index (χ4n) is 3.48. The quantitative estimate of drug-likeness (QED) is 0.545. The Bertz CT molecular complexity index is 1180. The summed E-state index contributed by atoms with van der Waals surface area (Å²) in [6.45, 7) is 0. The summed E-state index contributed by atoms with van der Waals surface area (Å²) in [5.74, 6) is -0.870. The number of rotatable bonds is 3. The molecule has 1 N–H and O–H groups in total. The molecule has 0 aliphatic carbocycles. The van der Waals surface area contributed by atoms with E-state index in [1.807, 2.05) is 42.5 Å². The zero-order valence-corrected chi connectivity index (χ0v) is 14.9. The molecule has 1 aromatic heterocycles. The third-order valence-electron chi connectivity index (χ3n) is 4.73. The molecule has 0 unspecified atom stereocenters. The number of methoxy groups -OCH3 is 2. The van der Waals surface area contributed by atoms with E-state index in [2.05, 4.69) is 4.98 Å². The van der Waals surface area contributed by atoms with Crippen molar-refractivity contribution in [2.75, 3.05) is 14.2 Å². The molecule has 134 valence electrons. The van der Waals surface area contributed by atoms with Crippen LogP contribution in [0.15, 0.2) is 60.8 Å². The van der Waals surface area contributed by atoms with Crippen LogP contribution in [0.2, 0.25) is 0 Å². The highest BCUT2D eigenvalue weighted by Gasteiger charge is 2.22. The van der Waals surface area contributed by atoms with Crippen molar-refractivity contribution in [2.45, 2.75) is 0 Å². The van der Waals surface area contributed by atoms with E-state index in [4.69, 9.17) is 9.47 Å². The smallest absolute Gasteiger partial charge is 0.340 e. The standard InChI is InChI=1S/C22H17NO4/c1-26-21(24)17-11-10-16-18(22(25)27-2)12-23-20(16)19(17)15-9-5-7-13-6-3-4-8-14(13)15/h3-12,23H,1-2H3. The van der Waals surface area contributed by atoms with Gasteiger partial charge in [-0.3, -0.25) is 0 Å². The fourth-order valence-corrected chi connectivity index (χ4v) is 3.48. The Morgan fingerprint density at radius 2 is 1.48 bits per heavy atom. The molecule has 1 heterocycles. The van der Waals surface area contributed by atoms with Crippen LogP contribution >= 0.6 is 0 Å². The van der Waals surface area contributed by atoms with Gasteiger partial charge in [0, 0.05) is 17.1 Å². The van der Waals surface area contributed by atoms with Gasteiger partial charge in [0.25, 0.3) is 0 Å². The van der Waals surface area contributed by atoms with Crippen molar-refractivity contribution >= 4 is 33.6 Å². The molecule has 3 aromatic carbocycles. The van der Waals surface area contributed by atoms with E-state index in [0.717, 1.165) is 16.3 Å². The second-order valence-corrected chi connectivity index (χ2v) is 6.12. The number of carbonyl (C=O) groups is 2. The van der Waals surface area contributed by atoms with E-state index >= 15 is 0 Å². The van der Waals surface area contributed by atoms with Gasteiger partial charge in [-0.15, -0.1) is 0 Å². The average molecular weight is 359 g/mol. The lowest BCUT2D eigenvalue weighted by Gasteiger charge is -2.13. The summed E-state index contributed by atoms with van der Waals surface area (Å²) >= 11 is 0. The monoisotopic (exact) mass is 359 g/mol. The predicted octanol–water partition coefficient (Wildman–Crippen LogP) is 4.56. The van der Waals surface area contributed by atoms with Gasteiger partial charge in [0.2, 0.25) is 0 Å². The highest BCUT2D eigenvalue weighted by molar-refractivity contribution is 6.15. The average Bonchev–Trinajstić information content (AvgIpc) is 3.15. The lowest BCUT2D eigenvalue weighted by atomic mass is 9.92. The molecular formula is C22H17NO4. The zero-order valence-electron chi connectivity index (χ0n) is 14.9. The van der Waals surface area contributed by atoms with Crippen LogP contribution in [0.25, 0.3) is 32.8 Å². The van der Waals surface area contributed by atoms with Gasteiger partial charge in [-0.2, -0.15) is 0 Å². The summed E-state index contributed by atoms with van der Waals surface area (Å²) in [5, 5.41) is 2.76. The van der Waals surface area contributed by atoms with Crippen molar-refractivity contribution in [3.05, 3.63) is 71.9 Å². The van der Waals surface area contributed by atoms with Crippen LogP contribution in [0.1, 0.15) is 20.7 Å². The van der Waals surface area contributed by atoms with E-state index < -0.39 is 11.9 Å². The maximum absolute atomic E-state index is 12.5. The topological polar surface area (TPSA) is 68.4 Å². The predicted molar refractivity (Wildman–Crippen MR) is 104 cm³/mol. The molecule has 0 bridgehead atoms. The largest absolute Gasteiger partial charge is 0.465 e. The minimum atomic E-state index is -0.436. The van der Waals surface area contributed by atoms with Gasteiger partial charge in [-0.25, -0.2) is 9.59 Å². The van der Waals surface area contributed by atoms with Crippen molar-refractivity contribution < 1.29 is 19.1 Å². The molecule has 0 radical (unpaired) electrons. The van der Waals surface area contributed by atoms with Crippen LogP contribution < -0.4 is 0 Å². The van der Waals surface area contributed by atoms with Crippen molar-refractivity contribution in [3.63, 3.8) is 0 Å². The second kappa shape index (κ2) is 6.61. The van der Waals surface area contributed by atoms with Crippen LogP contribution in [0.4, 0.5) is 0 Å². The van der Waals surface area contributed by atoms with Gasteiger partial charge in [0.1, 0.15) is 0 Å². The van der Waals surface area contributed by atoms with E-state index in [1.165, 1.54) is 14.2 Å². The number of fused-ring (bicyclic) bond motifs is 2. The number of nitrogens with one attached hydrogen (secondary N) is 1. The number of ether oxygens (including phenoxy) is 2. The molecule has 0 saturated carbocycles. The Hall–Kier alpha value is -3.60. The molecule has 0 saturated heterocycles. The molecule has 0 fully saturated rings. The number of esters is 2. The lowest BCUT2D eigenvalue weighted by Crippen LogP contribution is -2.05. The lowest BCUT2D eigenvalue weighted by molar-refractivity contribution is 0.0594. The number of hydrogen-bond acceptors (Lipinski definition) is 4. The van der Waals surface area contributed by atoms with Gasteiger partial charge in [-0.05, 0) is 22.4 Å². The van der Waals surface area contributed by atoms with Crippen LogP contribution in [-0.2, 0) is 9.47 Å². The molecule has 5 nitrogen and oxygen atoms in total. The number of benzene rings is 3. The summed E-state index contributed by atoms with van der Waals surface area (Å²) in [7, 11) is 2.70. The number of aromatic amines is 1. The molecule has 4 aromatic rings. The Morgan fingerprint density at radius 1 is 0.778 bits per heavy atom. The summed E-state index contributed by atoms with van der Waals surface area (Å²) in [6.07, 6.45) is 1.60. The minimum absolute atomic E-state index is 0.422. The Balaban J connectivity index is 2.12. The van der Waals surface area contributed by atoms with Gasteiger partial charge >= 0.3 is 11.9 Å². The first-order chi connectivity index (χ1) is 13.2. The Morgan fingerprint density at radius 3 is 2.26 bits per heavy atom. The number of H-pyrrole nitrogens is 1. The maximum Gasteiger partial charge on any atom is 0.340 e. The first kappa shape index (κ1) is 16.8. The first-order valence-corrected chi connectivity index (χ1v) is 8.44. The Kier molecular flexibility index (Phi) is 4.12. The maximum atomic E-state index is 12.5. The van der Waals surface area contributed by atoms with Crippen molar-refractivity contribution in [3.8, 4) is 11.1 Å². The highest BCUT2D eigenvalue weighted by Crippen LogP contribution is 2.37. The molecule has 0 spiro atoms. The van der Waals surface area contributed by atoms with Crippen LogP contribution in [0.3, 0.4) is 0 Å². The van der Waals surface area contributed by atoms with E-state index in [0.29, 0.717) is 27.6 Å². The van der Waals surface area contributed by atoms with Crippen molar-refractivity contribution in [1.82, 2.24) is 4.98 Å². The molecular weight excluding hydrogens is 342 g/mol. The van der Waals surface area contributed by atoms with E-state index in [9.17, 15) is 9.59 Å². The highest BCUT2D eigenvalue weighted by atomic mass is 16.5. The SMILES string of the molecule is COC(=O)c1ccc2c(C(=O)OC)c[nH]c2c1-c1cccc2ccccc12. The third kappa shape index (κ3) is 2.64. The molecule has 0 atom stereocenters. The Labute approximate surface area is 155 Å². The molecule has 0 amide bonds. The minimum Gasteiger partial charge on any atom is -0.465 e. The summed E-state index contributed by atoms with van der Waals surface area (Å²) in [6, 6.07) is 17.3. The summed E-state index contributed by atoms with van der Waals surface area (Å²) in [5.41, 5.74) is 3.13. The van der Waals surface area contributed by atoms with Crippen molar-refractivity contribution in [2.24, 2.45) is 0 Å². The van der Waals surface area contributed by atoms with Gasteiger partial charge in [0.05, 0.1) is 30.9 Å². The van der Waals surface area contributed by atoms with E-state index in [-0.39, 0.29) is 0 Å². The van der Waals surface area contributed by atoms with Crippen LogP contribution in [0, 0.1) is 0 Å². The summed E-state index contributed by atoms with van der Waals surface area (Å²) < 4.78 is 9.86. The van der Waals surface area contributed by atoms with Crippen molar-refractivity contribution in [1.29, 1.82) is 0 Å². The molecule has 27 heavy (non-hydrogen) atoms. The van der Waals surface area contributed by atoms with Gasteiger partial charge in [-0.1, -0.05) is 48.5 Å². The van der Waals surface area contributed by atoms with Crippen LogP contribution in [-0.4, -0.2) is 31.1 Å². The molecule has 0 aliphatic rings. The molecule has 4 rings (SSSR count). The summed E-state index contributed by atoms with van der Waals surface area (Å²) in [4.78, 5) is 27.7. The molecule has 5 heteroatoms.